The molecule has 0 bridgehead atoms. The van der Waals surface area contributed by atoms with Gasteiger partial charge in [0.15, 0.2) is 0 Å². The van der Waals surface area contributed by atoms with Crippen molar-refractivity contribution < 1.29 is 6.22 Å². The Hall–Kier alpha value is -1.04. The molecule has 0 saturated heterocycles. The van der Waals surface area contributed by atoms with Gasteiger partial charge in [-0.1, -0.05) is 0 Å². The smallest absolute Gasteiger partial charge is 0.369 e. The van der Waals surface area contributed by atoms with Gasteiger partial charge in [0, 0.05) is 0 Å². The monoisotopic (exact) mass is 85.0 g/mol. The van der Waals surface area contributed by atoms with E-state index in [1.807, 2.05) is 0 Å². The van der Waals surface area contributed by atoms with Crippen LogP contribution in [0.4, 0.5) is 0 Å². The van der Waals surface area contributed by atoms with Crippen LogP contribution < -0.4 is 5.73 Å². The Morgan fingerprint density at radius 2 is 2.67 bits per heavy atom. The van der Waals surface area contributed by atoms with E-state index in [1.54, 1.807) is 6.07 Å². The van der Waals surface area contributed by atoms with Crippen LogP contribution in [0.3, 0.4) is 0 Å². The van der Waals surface area contributed by atoms with Crippen molar-refractivity contribution in [1.82, 2.24) is 0 Å². The van der Waals surface area contributed by atoms with Crippen molar-refractivity contribution in [1.29, 1.82) is 5.26 Å². The Bertz CT molecular complexity index is 95.6. The van der Waals surface area contributed by atoms with E-state index in [0.717, 1.165) is 0 Å². The van der Waals surface area contributed by atoms with Gasteiger partial charge in [-0.15, -0.1) is 0 Å². The predicted molar refractivity (Wildman–Crippen MR) is 20.5 cm³/mol. The summed E-state index contributed by atoms with van der Waals surface area (Å²) in [7, 11) is 0. The van der Waals surface area contributed by atoms with E-state index in [-0.39, 0.29) is 7.85 Å². The maximum atomic E-state index is 9.60. The molecule has 2 N–H and O–H groups in total. The normalized spacial score (nSPS) is 6.50. The predicted octanol–water partition coefficient (Wildman–Crippen LogP) is -0.502. The molecule has 32 valence electrons. The van der Waals surface area contributed by atoms with Crippen LogP contribution in [0, 0.1) is 11.3 Å². The molecule has 0 unspecified atom stereocenters. The van der Waals surface area contributed by atoms with Crippen molar-refractivity contribution in [2.75, 3.05) is 0 Å². The van der Waals surface area contributed by atoms with E-state index >= 15 is 0 Å². The van der Waals surface area contributed by atoms with Gasteiger partial charge < -0.3 is 5.73 Å². The van der Waals surface area contributed by atoms with Crippen molar-refractivity contribution in [3.63, 3.8) is 0 Å². The number of nitriles is 1. The molecule has 0 aliphatic carbocycles. The Morgan fingerprint density at radius 1 is 2.17 bits per heavy atom. The molecule has 0 fully saturated rings. The van der Waals surface area contributed by atoms with Gasteiger partial charge in [-0.05, 0) is 0 Å². The van der Waals surface area contributed by atoms with Crippen LogP contribution in [-0.4, -0.2) is 5.91 Å². The molecule has 0 saturated carbocycles. The highest BCUT2D eigenvalue weighted by Gasteiger charge is 1.84. The zero-order valence-electron chi connectivity index (χ0n) is 4.14. The molecule has 0 aromatic heterocycles. The molecule has 0 aliphatic rings. The minimum Gasteiger partial charge on any atom is -0.369 e. The third-order valence-electron chi connectivity index (χ3n) is 0.253. The van der Waals surface area contributed by atoms with Gasteiger partial charge in [-0.3, -0.25) is 4.79 Å². The Kier molecular flexibility index (Phi) is 1.83. The van der Waals surface area contributed by atoms with Crippen LogP contribution in [0.5, 0.6) is 0 Å². The first-order valence-electron chi connectivity index (χ1n) is 1.42. The first kappa shape index (κ1) is 4.96. The highest BCUT2D eigenvalue weighted by atomic mass is 16.1. The molecule has 1 amide bonds. The minimum absolute atomic E-state index is 0. The van der Waals surface area contributed by atoms with Crippen molar-refractivity contribution in [3.05, 3.63) is 0 Å². The molecule has 0 spiro atoms. The number of hydrogen-bond acceptors (Lipinski definition) is 2. The van der Waals surface area contributed by atoms with Gasteiger partial charge >= 0.3 is 1.43 Å². The highest BCUT2D eigenvalue weighted by molar-refractivity contribution is 5.75. The summed E-state index contributed by atoms with van der Waals surface area (Å²) in [6.07, 6.45) is -0.181. The molecule has 6 heavy (non-hydrogen) atoms. The lowest BCUT2D eigenvalue weighted by Gasteiger charge is -1.71. The quantitative estimate of drug-likeness (QED) is 0.466. The Morgan fingerprint density at radius 3 is 2.67 bits per heavy atom. The number of carbonyl (C=O) groups is 1. The summed E-state index contributed by atoms with van der Waals surface area (Å²) >= 11 is 0. The fourth-order valence-electron chi connectivity index (χ4n) is 0.0779. The van der Waals surface area contributed by atoms with E-state index in [4.69, 9.17) is 5.26 Å². The number of primary amides is 1. The number of carbonyl (C=O) groups excluding carboxylic acids is 1. The zero-order chi connectivity index (χ0) is 4.99. The van der Waals surface area contributed by atoms with Crippen LogP contribution >= 0.6 is 0 Å². The SMILES string of the molecule is N#CCC(N)=O.[H+]. The van der Waals surface area contributed by atoms with Gasteiger partial charge in [0.2, 0.25) is 5.91 Å². The third-order valence-corrected chi connectivity index (χ3v) is 0.253. The minimum atomic E-state index is -0.572. The number of rotatable bonds is 1. The summed E-state index contributed by atoms with van der Waals surface area (Å²) in [5.41, 5.74) is 4.54. The summed E-state index contributed by atoms with van der Waals surface area (Å²) in [6.45, 7) is 0. The van der Waals surface area contributed by atoms with Crippen LogP contribution in [-0.2, 0) is 4.79 Å². The van der Waals surface area contributed by atoms with Crippen LogP contribution in [0.25, 0.3) is 0 Å². The lowest BCUT2D eigenvalue weighted by Crippen LogP contribution is -2.07. The average Bonchev–Trinajstić information content (AvgIpc) is 1.35. The summed E-state index contributed by atoms with van der Waals surface area (Å²) < 4.78 is 0. The molecule has 3 heteroatoms. The second kappa shape index (κ2) is 2.21. The molecule has 0 atom stereocenters. The van der Waals surface area contributed by atoms with Gasteiger partial charge in [-0.2, -0.15) is 5.26 Å². The lowest BCUT2D eigenvalue weighted by atomic mass is 10.5. The molecule has 0 rings (SSSR count). The largest absolute Gasteiger partial charge is 1.00 e. The molecule has 0 aromatic carbocycles. The van der Waals surface area contributed by atoms with Crippen LogP contribution in [0.2, 0.25) is 0 Å². The van der Waals surface area contributed by atoms with E-state index in [2.05, 4.69) is 5.73 Å². The first-order chi connectivity index (χ1) is 2.77. The van der Waals surface area contributed by atoms with Crippen LogP contribution in [0.15, 0.2) is 0 Å². The molecular formula is C3H5N2O+. The Labute approximate surface area is 36.8 Å². The average molecular weight is 85.1 g/mol. The molecule has 0 radical (unpaired) electrons. The van der Waals surface area contributed by atoms with Crippen molar-refractivity contribution in [3.8, 4) is 6.07 Å². The van der Waals surface area contributed by atoms with E-state index < -0.39 is 5.91 Å². The second-order valence-corrected chi connectivity index (χ2v) is 0.801. The van der Waals surface area contributed by atoms with Crippen LogP contribution in [0.1, 0.15) is 7.85 Å². The zero-order valence-corrected chi connectivity index (χ0v) is 3.14. The highest BCUT2D eigenvalue weighted by Crippen LogP contribution is 1.64. The molecular weight excluding hydrogens is 80.0 g/mol. The third kappa shape index (κ3) is 2.96. The van der Waals surface area contributed by atoms with E-state index in [9.17, 15) is 4.79 Å². The first-order valence-corrected chi connectivity index (χ1v) is 1.42. The summed E-state index contributed by atoms with van der Waals surface area (Å²) in [5.74, 6) is -0.572. The van der Waals surface area contributed by atoms with E-state index in [0.29, 0.717) is 0 Å². The van der Waals surface area contributed by atoms with Gasteiger partial charge in [0.1, 0.15) is 6.42 Å². The van der Waals surface area contributed by atoms with Crippen molar-refractivity contribution in [2.24, 2.45) is 5.73 Å². The molecule has 0 aromatic rings. The number of hydrogen-bond donors (Lipinski definition) is 1. The standard InChI is InChI=1S/C3H4N2O/c4-2-1-3(5)6/h1H2,(H2,5,6)/p+1. The fourth-order valence-corrected chi connectivity index (χ4v) is 0.0779. The second-order valence-electron chi connectivity index (χ2n) is 0.801. The number of amides is 1. The summed E-state index contributed by atoms with van der Waals surface area (Å²) in [6, 6.07) is 1.59. The number of nitrogens with two attached hydrogens (primary N) is 1. The summed E-state index contributed by atoms with van der Waals surface area (Å²) in [4.78, 5) is 9.60. The van der Waals surface area contributed by atoms with Gasteiger partial charge in [0.25, 0.3) is 0 Å². The van der Waals surface area contributed by atoms with E-state index in [1.165, 1.54) is 0 Å². The molecule has 0 heterocycles. The maximum absolute atomic E-state index is 9.60. The van der Waals surface area contributed by atoms with Gasteiger partial charge in [0.05, 0.1) is 6.07 Å². The maximum Gasteiger partial charge on any atom is 1.00 e. The lowest BCUT2D eigenvalue weighted by molar-refractivity contribution is -0.117. The molecule has 0 aliphatic heterocycles. The topological polar surface area (TPSA) is 66.9 Å². The van der Waals surface area contributed by atoms with Crippen molar-refractivity contribution >= 4 is 5.91 Å². The Balaban J connectivity index is 0. The fraction of sp³-hybridized carbons (Fsp3) is 0.333. The number of nitrogens with zero attached hydrogens (tertiary/aromatic N) is 1. The van der Waals surface area contributed by atoms with Crippen molar-refractivity contribution in [2.45, 2.75) is 6.42 Å². The van der Waals surface area contributed by atoms with Gasteiger partial charge in [-0.25, -0.2) is 0 Å². The molecule has 3 nitrogen and oxygen atoms in total. The summed E-state index contributed by atoms with van der Waals surface area (Å²) in [5, 5.41) is 7.69.